The second kappa shape index (κ2) is 12.8. The normalized spacial score (nSPS) is 12.7. The number of aliphatic hydroxyl groups excluding tert-OH is 2. The zero-order valence-electron chi connectivity index (χ0n) is 27.4. The van der Waals surface area contributed by atoms with E-state index >= 15 is 0 Å². The van der Waals surface area contributed by atoms with Crippen molar-refractivity contribution in [3.05, 3.63) is 102 Å². The Kier molecular flexibility index (Phi) is 8.59. The van der Waals surface area contributed by atoms with Gasteiger partial charge in [0, 0.05) is 73.1 Å². The fourth-order valence-electron chi connectivity index (χ4n) is 5.99. The van der Waals surface area contributed by atoms with Gasteiger partial charge in [-0.25, -0.2) is 0 Å². The molecule has 3 aromatic carbocycles. The standard InChI is InChI=1S/C36H39N9O2/c1-21-16-30(43(3)4)26-18-24(12-14-28(26)38-21)45(25-13-15-29-27(19-25)31(44(5)6)17-22(2)39-29)36-41-34(40-35(37)42-36)33(32(47)20-46)23-10-8-7-9-11-23/h7-19,32-33,46-47H,20H2,1-6H3,(H2,37,40,41,42)/t32-,33?/m1/s1. The number of benzene rings is 3. The molecule has 0 saturated carbocycles. The molecular weight excluding hydrogens is 590 g/mol. The molecule has 3 heterocycles. The minimum atomic E-state index is -1.17. The monoisotopic (exact) mass is 629 g/mol. The third-order valence-electron chi connectivity index (χ3n) is 8.14. The second-order valence-electron chi connectivity index (χ2n) is 12.1. The maximum atomic E-state index is 11.0. The number of nitrogens with two attached hydrogens (primary N) is 1. The number of nitrogen functional groups attached to an aromatic ring is 1. The van der Waals surface area contributed by atoms with Crippen LogP contribution in [-0.4, -0.2) is 76.0 Å². The molecule has 240 valence electrons. The van der Waals surface area contributed by atoms with Crippen LogP contribution in [-0.2, 0) is 0 Å². The third-order valence-corrected chi connectivity index (χ3v) is 8.14. The first-order valence-corrected chi connectivity index (χ1v) is 15.4. The summed E-state index contributed by atoms with van der Waals surface area (Å²) < 4.78 is 0. The number of pyridine rings is 2. The number of anilines is 6. The van der Waals surface area contributed by atoms with Crippen LogP contribution in [0.15, 0.2) is 78.9 Å². The number of aliphatic hydroxyl groups is 2. The van der Waals surface area contributed by atoms with Gasteiger partial charge in [0.2, 0.25) is 11.9 Å². The van der Waals surface area contributed by atoms with Gasteiger partial charge in [-0.1, -0.05) is 30.3 Å². The molecule has 0 saturated heterocycles. The lowest BCUT2D eigenvalue weighted by Gasteiger charge is -2.27. The van der Waals surface area contributed by atoms with E-state index in [4.69, 9.17) is 20.7 Å². The molecular formula is C36H39N9O2. The van der Waals surface area contributed by atoms with Crippen LogP contribution in [0, 0.1) is 13.8 Å². The Labute approximate surface area is 274 Å². The van der Waals surface area contributed by atoms with E-state index in [-0.39, 0.29) is 17.7 Å². The predicted octanol–water partition coefficient (Wildman–Crippen LogP) is 5.25. The van der Waals surface area contributed by atoms with Gasteiger partial charge in [0.05, 0.1) is 29.7 Å². The minimum Gasteiger partial charge on any atom is -0.394 e. The molecule has 1 unspecified atom stereocenters. The Balaban J connectivity index is 1.63. The molecule has 0 aliphatic rings. The van der Waals surface area contributed by atoms with E-state index in [1.165, 1.54) is 0 Å². The van der Waals surface area contributed by atoms with E-state index in [2.05, 4.69) is 44.0 Å². The van der Waals surface area contributed by atoms with Crippen LogP contribution in [0.5, 0.6) is 0 Å². The molecule has 0 amide bonds. The summed E-state index contributed by atoms with van der Waals surface area (Å²) in [5, 5.41) is 22.9. The van der Waals surface area contributed by atoms with Gasteiger partial charge in [0.1, 0.15) is 5.82 Å². The molecule has 6 rings (SSSR count). The van der Waals surface area contributed by atoms with E-state index in [1.54, 1.807) is 0 Å². The molecule has 0 fully saturated rings. The quantitative estimate of drug-likeness (QED) is 0.193. The van der Waals surface area contributed by atoms with Gasteiger partial charge in [0.25, 0.3) is 0 Å². The van der Waals surface area contributed by atoms with Crippen molar-refractivity contribution in [2.24, 2.45) is 0 Å². The Bertz CT molecular complexity index is 1970. The zero-order chi connectivity index (χ0) is 33.4. The topological polar surface area (TPSA) is 141 Å². The lowest BCUT2D eigenvalue weighted by molar-refractivity contribution is 0.0803. The van der Waals surface area contributed by atoms with Crippen molar-refractivity contribution in [3.63, 3.8) is 0 Å². The SMILES string of the molecule is Cc1cc(N(C)C)c2cc(N(c3ccc4nc(C)cc(N(C)C)c4c3)c3nc(N)nc(C(c4ccccc4)[C@H](O)CO)n3)ccc2n1. The first-order chi connectivity index (χ1) is 22.5. The molecule has 2 atom stereocenters. The van der Waals surface area contributed by atoms with Gasteiger partial charge < -0.3 is 25.7 Å². The molecule has 0 spiro atoms. The molecule has 11 heteroatoms. The minimum absolute atomic E-state index is 0.0137. The van der Waals surface area contributed by atoms with Gasteiger partial charge in [-0.2, -0.15) is 15.0 Å². The Hall–Kier alpha value is -5.39. The average molecular weight is 630 g/mol. The van der Waals surface area contributed by atoms with Crippen LogP contribution in [0.25, 0.3) is 21.8 Å². The zero-order valence-corrected chi connectivity index (χ0v) is 27.4. The van der Waals surface area contributed by atoms with Crippen LogP contribution >= 0.6 is 0 Å². The lowest BCUT2D eigenvalue weighted by Crippen LogP contribution is -2.27. The van der Waals surface area contributed by atoms with E-state index in [0.29, 0.717) is 0 Å². The summed E-state index contributed by atoms with van der Waals surface area (Å²) in [6, 6.07) is 25.5. The molecule has 47 heavy (non-hydrogen) atoms. The molecule has 3 aromatic heterocycles. The largest absolute Gasteiger partial charge is 0.394 e. The van der Waals surface area contributed by atoms with Crippen LogP contribution in [0.1, 0.15) is 28.7 Å². The summed E-state index contributed by atoms with van der Waals surface area (Å²) >= 11 is 0. The van der Waals surface area contributed by atoms with Crippen molar-refractivity contribution in [2.75, 3.05) is 55.2 Å². The first-order valence-electron chi connectivity index (χ1n) is 15.4. The van der Waals surface area contributed by atoms with Crippen molar-refractivity contribution in [3.8, 4) is 0 Å². The van der Waals surface area contributed by atoms with E-state index in [0.717, 1.165) is 61.5 Å². The first kappa shape index (κ1) is 31.6. The average Bonchev–Trinajstić information content (AvgIpc) is 3.04. The van der Waals surface area contributed by atoms with Crippen LogP contribution < -0.4 is 20.4 Å². The Morgan fingerprint density at radius 1 is 0.681 bits per heavy atom. The summed E-state index contributed by atoms with van der Waals surface area (Å²) in [4.78, 5) is 29.7. The van der Waals surface area contributed by atoms with Gasteiger partial charge in [-0.05, 0) is 67.9 Å². The number of aromatic nitrogens is 5. The van der Waals surface area contributed by atoms with Crippen molar-refractivity contribution >= 4 is 56.5 Å². The number of nitrogens with zero attached hydrogens (tertiary/aromatic N) is 8. The number of hydrogen-bond acceptors (Lipinski definition) is 11. The number of rotatable bonds is 9. The van der Waals surface area contributed by atoms with Crippen molar-refractivity contribution in [1.82, 2.24) is 24.9 Å². The maximum absolute atomic E-state index is 11.0. The molecule has 0 bridgehead atoms. The van der Waals surface area contributed by atoms with Gasteiger partial charge in [0.15, 0.2) is 0 Å². The summed E-state index contributed by atoms with van der Waals surface area (Å²) in [6.45, 7) is 3.48. The highest BCUT2D eigenvalue weighted by Gasteiger charge is 2.28. The van der Waals surface area contributed by atoms with Crippen molar-refractivity contribution in [1.29, 1.82) is 0 Å². The molecule has 0 aliphatic carbocycles. The maximum Gasteiger partial charge on any atom is 0.239 e. The van der Waals surface area contributed by atoms with Crippen molar-refractivity contribution in [2.45, 2.75) is 25.9 Å². The summed E-state index contributed by atoms with van der Waals surface area (Å²) in [5.41, 5.74) is 14.3. The summed E-state index contributed by atoms with van der Waals surface area (Å²) in [6.07, 6.45) is -1.17. The molecule has 4 N–H and O–H groups in total. The third kappa shape index (κ3) is 6.23. The highest BCUT2D eigenvalue weighted by atomic mass is 16.3. The number of hydrogen-bond donors (Lipinski definition) is 3. The fraction of sp³-hybridized carbons (Fsp3) is 0.250. The van der Waals surface area contributed by atoms with Crippen LogP contribution in [0.2, 0.25) is 0 Å². The van der Waals surface area contributed by atoms with Crippen LogP contribution in [0.3, 0.4) is 0 Å². The van der Waals surface area contributed by atoms with Gasteiger partial charge in [-0.3, -0.25) is 14.9 Å². The number of aryl methyl sites for hydroxylation is 2. The van der Waals surface area contributed by atoms with Gasteiger partial charge >= 0.3 is 0 Å². The molecule has 6 aromatic rings. The fourth-order valence-corrected chi connectivity index (χ4v) is 5.99. The summed E-state index contributed by atoms with van der Waals surface area (Å²) in [7, 11) is 8.04. The van der Waals surface area contributed by atoms with Crippen molar-refractivity contribution < 1.29 is 10.2 Å². The van der Waals surface area contributed by atoms with Crippen LogP contribution in [0.4, 0.5) is 34.6 Å². The molecule has 0 aliphatic heterocycles. The summed E-state index contributed by atoms with van der Waals surface area (Å²) in [5.74, 6) is -0.264. The highest BCUT2D eigenvalue weighted by molar-refractivity contribution is 5.98. The van der Waals surface area contributed by atoms with E-state index in [1.807, 2.05) is 102 Å². The van der Waals surface area contributed by atoms with Gasteiger partial charge in [-0.15, -0.1) is 0 Å². The second-order valence-corrected chi connectivity index (χ2v) is 12.1. The number of fused-ring (bicyclic) bond motifs is 2. The highest BCUT2D eigenvalue weighted by Crippen LogP contribution is 2.39. The molecule has 11 nitrogen and oxygen atoms in total. The smallest absolute Gasteiger partial charge is 0.239 e. The predicted molar refractivity (Wildman–Crippen MR) is 189 cm³/mol. The Morgan fingerprint density at radius 2 is 1.21 bits per heavy atom. The lowest BCUT2D eigenvalue weighted by atomic mass is 9.93. The van der Waals surface area contributed by atoms with E-state index in [9.17, 15) is 10.2 Å². The van der Waals surface area contributed by atoms with E-state index < -0.39 is 18.6 Å². The molecule has 0 radical (unpaired) electrons. The Morgan fingerprint density at radius 3 is 1.70 bits per heavy atom.